The van der Waals surface area contributed by atoms with Crippen LogP contribution in [0.15, 0.2) is 18.2 Å². The maximum absolute atomic E-state index is 12.9. The molecule has 0 radical (unpaired) electrons. The van der Waals surface area contributed by atoms with Gasteiger partial charge in [0.05, 0.1) is 19.9 Å². The summed E-state index contributed by atoms with van der Waals surface area (Å²) < 4.78 is 12.4. The fraction of sp³-hybridized carbons (Fsp3) is 0.450. The summed E-state index contributed by atoms with van der Waals surface area (Å²) >= 11 is 0. The van der Waals surface area contributed by atoms with Crippen molar-refractivity contribution in [1.82, 2.24) is 14.9 Å². The molecule has 150 valence electrons. The van der Waals surface area contributed by atoms with Gasteiger partial charge in [-0.1, -0.05) is 6.92 Å². The number of ether oxygens (including phenoxy) is 2. The monoisotopic (exact) mass is 386 g/mol. The van der Waals surface area contributed by atoms with Crippen molar-refractivity contribution in [2.24, 2.45) is 0 Å². The quantitative estimate of drug-likeness (QED) is 0.763. The molecule has 1 aliphatic rings. The number of hydrogen-bond acceptors (Lipinski definition) is 5. The first kappa shape index (κ1) is 19.7. The van der Waals surface area contributed by atoms with Gasteiger partial charge in [0.1, 0.15) is 0 Å². The minimum Gasteiger partial charge on any atom is -0.493 e. The van der Waals surface area contributed by atoms with E-state index in [1.54, 1.807) is 25.3 Å². The third kappa shape index (κ3) is 3.95. The average molecular weight is 386 g/mol. The number of carbonyl (C=O) groups excluding carboxylic acids is 2. The van der Waals surface area contributed by atoms with Gasteiger partial charge in [-0.25, -0.2) is 4.98 Å². The van der Waals surface area contributed by atoms with Gasteiger partial charge in [-0.3, -0.25) is 9.59 Å². The van der Waals surface area contributed by atoms with Crippen LogP contribution < -0.4 is 20.1 Å². The molecule has 2 amide bonds. The second-order valence-corrected chi connectivity index (χ2v) is 6.62. The molecule has 0 atom stereocenters. The summed E-state index contributed by atoms with van der Waals surface area (Å²) in [4.78, 5) is 29.8. The van der Waals surface area contributed by atoms with Crippen molar-refractivity contribution in [3.63, 3.8) is 0 Å². The van der Waals surface area contributed by atoms with E-state index >= 15 is 0 Å². The topological polar surface area (TPSA) is 94.5 Å². The highest BCUT2D eigenvalue weighted by Gasteiger charge is 2.27. The lowest BCUT2D eigenvalue weighted by atomic mass is 10.1. The Labute approximate surface area is 164 Å². The molecular formula is C20H26N4O4. The zero-order valence-corrected chi connectivity index (χ0v) is 16.5. The van der Waals surface area contributed by atoms with Crippen LogP contribution in [0.4, 0.5) is 5.69 Å². The maximum Gasteiger partial charge on any atom is 0.287 e. The lowest BCUT2D eigenvalue weighted by molar-refractivity contribution is 0.0937. The van der Waals surface area contributed by atoms with Crippen LogP contribution in [0.25, 0.3) is 0 Å². The van der Waals surface area contributed by atoms with Crippen LogP contribution in [0, 0.1) is 0 Å². The number of nitrogens with zero attached hydrogens (tertiary/aromatic N) is 2. The predicted molar refractivity (Wildman–Crippen MR) is 105 cm³/mol. The molecule has 0 unspecified atom stereocenters. The van der Waals surface area contributed by atoms with E-state index in [2.05, 4.69) is 15.6 Å². The molecule has 1 aliphatic heterocycles. The van der Waals surface area contributed by atoms with Crippen molar-refractivity contribution in [2.45, 2.75) is 39.2 Å². The van der Waals surface area contributed by atoms with Crippen LogP contribution in [0.2, 0.25) is 0 Å². The Balaban J connectivity index is 1.87. The Morgan fingerprint density at radius 1 is 1.14 bits per heavy atom. The second kappa shape index (κ2) is 8.77. The summed E-state index contributed by atoms with van der Waals surface area (Å²) in [5.74, 6) is 0.824. The Bertz CT molecular complexity index is 875. The Morgan fingerprint density at radius 2 is 1.93 bits per heavy atom. The first-order valence-electron chi connectivity index (χ1n) is 9.50. The molecule has 1 aromatic heterocycles. The first-order valence-corrected chi connectivity index (χ1v) is 9.50. The van der Waals surface area contributed by atoms with Gasteiger partial charge in [-0.05, 0) is 37.8 Å². The third-order valence-electron chi connectivity index (χ3n) is 4.71. The lowest BCUT2D eigenvalue weighted by Gasteiger charge is -2.17. The fourth-order valence-corrected chi connectivity index (χ4v) is 3.32. The predicted octanol–water partition coefficient (Wildman–Crippen LogP) is 2.63. The molecule has 0 spiro atoms. The number of methoxy groups -OCH3 is 2. The number of rotatable bonds is 7. The molecule has 0 fully saturated rings. The number of fused-ring (bicyclic) bond motifs is 1. The van der Waals surface area contributed by atoms with Crippen LogP contribution in [0.3, 0.4) is 0 Å². The lowest BCUT2D eigenvalue weighted by Crippen LogP contribution is -2.28. The molecule has 8 nitrogen and oxygen atoms in total. The summed E-state index contributed by atoms with van der Waals surface area (Å²) in [5, 5.41) is 5.69. The van der Waals surface area contributed by atoms with E-state index in [1.165, 1.54) is 7.11 Å². The number of nitrogens with one attached hydrogen (secondary N) is 2. The molecule has 0 saturated heterocycles. The third-order valence-corrected chi connectivity index (χ3v) is 4.71. The average Bonchev–Trinajstić information content (AvgIpc) is 3.12. The van der Waals surface area contributed by atoms with Crippen molar-refractivity contribution in [3.05, 3.63) is 35.4 Å². The normalized spacial score (nSPS) is 12.8. The summed E-state index contributed by atoms with van der Waals surface area (Å²) in [5.41, 5.74) is 1.68. The molecule has 0 bridgehead atoms. The van der Waals surface area contributed by atoms with Gasteiger partial charge >= 0.3 is 0 Å². The first-order chi connectivity index (χ1) is 13.6. The van der Waals surface area contributed by atoms with Gasteiger partial charge < -0.3 is 24.7 Å². The molecule has 2 N–H and O–H groups in total. The van der Waals surface area contributed by atoms with E-state index in [0.717, 1.165) is 31.4 Å². The van der Waals surface area contributed by atoms with E-state index in [0.29, 0.717) is 41.8 Å². The zero-order valence-electron chi connectivity index (χ0n) is 16.5. The highest BCUT2D eigenvalue weighted by Crippen LogP contribution is 2.30. The maximum atomic E-state index is 12.9. The number of carbonyl (C=O) groups is 2. The van der Waals surface area contributed by atoms with Crippen molar-refractivity contribution in [3.8, 4) is 11.5 Å². The molecule has 0 aliphatic carbocycles. The Morgan fingerprint density at radius 3 is 2.64 bits per heavy atom. The smallest absolute Gasteiger partial charge is 0.287 e. The number of anilines is 1. The molecule has 2 heterocycles. The number of benzene rings is 1. The number of imidazole rings is 1. The van der Waals surface area contributed by atoms with E-state index in [9.17, 15) is 9.59 Å². The van der Waals surface area contributed by atoms with E-state index in [4.69, 9.17) is 9.47 Å². The van der Waals surface area contributed by atoms with Crippen LogP contribution in [0.5, 0.6) is 11.5 Å². The van der Waals surface area contributed by atoms with Crippen molar-refractivity contribution < 1.29 is 19.1 Å². The zero-order chi connectivity index (χ0) is 20.1. The van der Waals surface area contributed by atoms with Gasteiger partial charge in [0, 0.05) is 24.8 Å². The van der Waals surface area contributed by atoms with Gasteiger partial charge in [0.2, 0.25) is 0 Å². The van der Waals surface area contributed by atoms with E-state index < -0.39 is 0 Å². The fourth-order valence-electron chi connectivity index (χ4n) is 3.32. The van der Waals surface area contributed by atoms with Crippen molar-refractivity contribution >= 4 is 17.5 Å². The SMILES string of the molecule is CCCNC(=O)c1nc(C(=O)Nc2ccc(OC)c(OC)c2)c2n1CCCC2. The van der Waals surface area contributed by atoms with Crippen LogP contribution in [-0.2, 0) is 13.0 Å². The molecular weight excluding hydrogens is 360 g/mol. The van der Waals surface area contributed by atoms with Gasteiger partial charge in [-0.15, -0.1) is 0 Å². The number of amides is 2. The highest BCUT2D eigenvalue weighted by molar-refractivity contribution is 6.05. The highest BCUT2D eigenvalue weighted by atomic mass is 16.5. The summed E-state index contributed by atoms with van der Waals surface area (Å²) in [6.07, 6.45) is 3.50. The van der Waals surface area contributed by atoms with Gasteiger partial charge in [0.15, 0.2) is 23.0 Å². The number of aromatic nitrogens is 2. The van der Waals surface area contributed by atoms with E-state index in [-0.39, 0.29) is 11.8 Å². The second-order valence-electron chi connectivity index (χ2n) is 6.62. The van der Waals surface area contributed by atoms with Crippen LogP contribution >= 0.6 is 0 Å². The van der Waals surface area contributed by atoms with Gasteiger partial charge in [0.25, 0.3) is 11.8 Å². The van der Waals surface area contributed by atoms with Gasteiger partial charge in [-0.2, -0.15) is 0 Å². The summed E-state index contributed by atoms with van der Waals surface area (Å²) in [7, 11) is 3.09. The molecule has 0 saturated carbocycles. The van der Waals surface area contributed by atoms with Crippen molar-refractivity contribution in [2.75, 3.05) is 26.1 Å². The summed E-state index contributed by atoms with van der Waals surface area (Å²) in [6.45, 7) is 3.26. The minimum absolute atomic E-state index is 0.241. The van der Waals surface area contributed by atoms with Crippen molar-refractivity contribution in [1.29, 1.82) is 0 Å². The Kier molecular flexibility index (Phi) is 6.18. The molecule has 28 heavy (non-hydrogen) atoms. The summed E-state index contributed by atoms with van der Waals surface area (Å²) in [6, 6.07) is 5.14. The Hall–Kier alpha value is -3.03. The standard InChI is InChI=1S/C20H26N4O4/c1-4-10-21-20(26)18-23-17(14-7-5-6-11-24(14)18)19(25)22-13-8-9-15(27-2)16(12-13)28-3/h8-9,12H,4-7,10-11H2,1-3H3,(H,21,26)(H,22,25). The number of hydrogen-bond donors (Lipinski definition) is 2. The minimum atomic E-state index is -0.340. The molecule has 8 heteroatoms. The largest absolute Gasteiger partial charge is 0.493 e. The van der Waals surface area contributed by atoms with Crippen LogP contribution in [0.1, 0.15) is 53.0 Å². The van der Waals surface area contributed by atoms with E-state index in [1.807, 2.05) is 11.5 Å². The van der Waals surface area contributed by atoms with Crippen LogP contribution in [-0.4, -0.2) is 42.1 Å². The molecule has 2 aromatic rings. The molecule has 3 rings (SSSR count). The molecule has 1 aromatic carbocycles.